The Morgan fingerprint density at radius 1 is 1.33 bits per heavy atom. The number of nitrogens with zero attached hydrogens (tertiary/aromatic N) is 1. The highest BCUT2D eigenvalue weighted by atomic mass is 16.4. The summed E-state index contributed by atoms with van der Waals surface area (Å²) < 4.78 is 1.35. The van der Waals surface area contributed by atoms with Crippen molar-refractivity contribution in [1.29, 1.82) is 0 Å². The third-order valence-electron chi connectivity index (χ3n) is 2.04. The molecular weight excluding hydrogens is 198 g/mol. The Bertz CT molecular complexity index is 397. The van der Waals surface area contributed by atoms with E-state index >= 15 is 0 Å². The highest BCUT2D eigenvalue weighted by Crippen LogP contribution is 1.98. The molecule has 1 aromatic rings. The zero-order valence-electron chi connectivity index (χ0n) is 8.22. The van der Waals surface area contributed by atoms with Crippen LogP contribution in [0.2, 0.25) is 0 Å². The number of aliphatic hydroxyl groups is 1. The molecule has 5 nitrogen and oxygen atoms in total. The predicted octanol–water partition coefficient (Wildman–Crippen LogP) is 0.319. The zero-order chi connectivity index (χ0) is 11.3. The lowest BCUT2D eigenvalue weighted by Gasteiger charge is -2.05. The molecular formula is C10H13NO4. The van der Waals surface area contributed by atoms with Gasteiger partial charge >= 0.3 is 5.97 Å². The first-order chi connectivity index (χ1) is 7.15. The Morgan fingerprint density at radius 3 is 2.67 bits per heavy atom. The van der Waals surface area contributed by atoms with Gasteiger partial charge in [0.2, 0.25) is 0 Å². The van der Waals surface area contributed by atoms with Gasteiger partial charge in [-0.15, -0.1) is 0 Å². The lowest BCUT2D eigenvalue weighted by Crippen LogP contribution is -2.20. The van der Waals surface area contributed by atoms with Crippen molar-refractivity contribution < 1.29 is 15.0 Å². The van der Waals surface area contributed by atoms with E-state index in [1.54, 1.807) is 0 Å². The summed E-state index contributed by atoms with van der Waals surface area (Å²) >= 11 is 0. The van der Waals surface area contributed by atoms with Crippen LogP contribution in [-0.2, 0) is 6.54 Å². The van der Waals surface area contributed by atoms with Gasteiger partial charge in [0.15, 0.2) is 0 Å². The lowest BCUT2D eigenvalue weighted by atomic mass is 10.2. The van der Waals surface area contributed by atoms with Gasteiger partial charge < -0.3 is 14.8 Å². The standard InChI is InChI=1S/C10H13NO4/c12-6-2-1-5-11-7-8(10(14)15)3-4-9(11)13/h3-4,7,12H,1-2,5-6H2,(H,14,15). The zero-order valence-corrected chi connectivity index (χ0v) is 8.22. The molecule has 82 valence electrons. The number of aromatic nitrogens is 1. The topological polar surface area (TPSA) is 79.5 Å². The van der Waals surface area contributed by atoms with Crippen molar-refractivity contribution in [3.8, 4) is 0 Å². The van der Waals surface area contributed by atoms with Gasteiger partial charge in [0.05, 0.1) is 5.56 Å². The second kappa shape index (κ2) is 5.31. The van der Waals surface area contributed by atoms with E-state index in [0.717, 1.165) is 0 Å². The van der Waals surface area contributed by atoms with Crippen molar-refractivity contribution in [2.45, 2.75) is 19.4 Å². The maximum Gasteiger partial charge on any atom is 0.337 e. The molecule has 2 N–H and O–H groups in total. The second-order valence-electron chi connectivity index (χ2n) is 3.19. The SMILES string of the molecule is O=C(O)c1ccc(=O)n(CCCCO)c1. The normalized spacial score (nSPS) is 10.2. The van der Waals surface area contributed by atoms with E-state index in [1.165, 1.54) is 22.9 Å². The quantitative estimate of drug-likeness (QED) is 0.687. The summed E-state index contributed by atoms with van der Waals surface area (Å²) in [5, 5.41) is 17.3. The molecule has 1 rings (SSSR count). The van der Waals surface area contributed by atoms with Crippen LogP contribution in [0.1, 0.15) is 23.2 Å². The first-order valence-corrected chi connectivity index (χ1v) is 4.70. The largest absolute Gasteiger partial charge is 0.478 e. The first kappa shape index (κ1) is 11.5. The Hall–Kier alpha value is -1.62. The Morgan fingerprint density at radius 2 is 2.07 bits per heavy atom. The number of unbranched alkanes of at least 4 members (excludes halogenated alkanes) is 1. The summed E-state index contributed by atoms with van der Waals surface area (Å²) in [6.07, 6.45) is 2.57. The smallest absolute Gasteiger partial charge is 0.337 e. The van der Waals surface area contributed by atoms with Gasteiger partial charge in [0.25, 0.3) is 5.56 Å². The number of rotatable bonds is 5. The number of aliphatic hydroxyl groups excluding tert-OH is 1. The van der Waals surface area contributed by atoms with E-state index < -0.39 is 5.97 Å². The number of carbonyl (C=O) groups is 1. The fourth-order valence-corrected chi connectivity index (χ4v) is 1.23. The number of aryl methyl sites for hydroxylation is 1. The van der Waals surface area contributed by atoms with Crippen LogP contribution < -0.4 is 5.56 Å². The molecule has 1 heterocycles. The molecule has 0 aliphatic heterocycles. The molecule has 0 fully saturated rings. The van der Waals surface area contributed by atoms with Crippen molar-refractivity contribution in [2.24, 2.45) is 0 Å². The van der Waals surface area contributed by atoms with Gasteiger partial charge in [-0.3, -0.25) is 4.79 Å². The highest BCUT2D eigenvalue weighted by Gasteiger charge is 2.04. The van der Waals surface area contributed by atoms with Gasteiger partial charge in [-0.1, -0.05) is 0 Å². The molecule has 0 atom stereocenters. The monoisotopic (exact) mass is 211 g/mol. The van der Waals surface area contributed by atoms with E-state index in [-0.39, 0.29) is 17.7 Å². The summed E-state index contributed by atoms with van der Waals surface area (Å²) in [7, 11) is 0. The van der Waals surface area contributed by atoms with Crippen molar-refractivity contribution >= 4 is 5.97 Å². The molecule has 15 heavy (non-hydrogen) atoms. The molecule has 0 radical (unpaired) electrons. The third-order valence-corrected chi connectivity index (χ3v) is 2.04. The van der Waals surface area contributed by atoms with Crippen LogP contribution in [-0.4, -0.2) is 27.4 Å². The Balaban J connectivity index is 2.81. The van der Waals surface area contributed by atoms with E-state index in [0.29, 0.717) is 19.4 Å². The van der Waals surface area contributed by atoms with Gasteiger partial charge in [0, 0.05) is 25.4 Å². The van der Waals surface area contributed by atoms with Gasteiger partial charge in [0.1, 0.15) is 0 Å². The van der Waals surface area contributed by atoms with Crippen molar-refractivity contribution in [1.82, 2.24) is 4.57 Å². The fourth-order valence-electron chi connectivity index (χ4n) is 1.23. The number of carboxylic acids is 1. The first-order valence-electron chi connectivity index (χ1n) is 4.70. The van der Waals surface area contributed by atoms with Crippen LogP contribution in [0.4, 0.5) is 0 Å². The average molecular weight is 211 g/mol. The van der Waals surface area contributed by atoms with Crippen molar-refractivity contribution in [2.75, 3.05) is 6.61 Å². The van der Waals surface area contributed by atoms with Gasteiger partial charge in [-0.2, -0.15) is 0 Å². The minimum absolute atomic E-state index is 0.0768. The average Bonchev–Trinajstić information content (AvgIpc) is 2.20. The lowest BCUT2D eigenvalue weighted by molar-refractivity contribution is 0.0695. The van der Waals surface area contributed by atoms with Crippen LogP contribution in [0, 0.1) is 0 Å². The van der Waals surface area contributed by atoms with Crippen LogP contribution in [0.3, 0.4) is 0 Å². The van der Waals surface area contributed by atoms with E-state index in [1.807, 2.05) is 0 Å². The number of aromatic carboxylic acids is 1. The van der Waals surface area contributed by atoms with Crippen molar-refractivity contribution in [3.63, 3.8) is 0 Å². The third kappa shape index (κ3) is 3.21. The number of hydrogen-bond acceptors (Lipinski definition) is 3. The summed E-state index contributed by atoms with van der Waals surface area (Å²) in [6.45, 7) is 0.508. The highest BCUT2D eigenvalue weighted by molar-refractivity contribution is 5.87. The van der Waals surface area contributed by atoms with E-state index in [9.17, 15) is 9.59 Å². The summed E-state index contributed by atoms with van der Waals surface area (Å²) in [6, 6.07) is 2.52. The van der Waals surface area contributed by atoms with Crippen LogP contribution in [0.25, 0.3) is 0 Å². The molecule has 5 heteroatoms. The number of carboxylic acid groups (broad SMARTS) is 1. The molecule has 0 unspecified atom stereocenters. The number of hydrogen-bond donors (Lipinski definition) is 2. The molecule has 1 aromatic heterocycles. The van der Waals surface area contributed by atoms with Gasteiger partial charge in [-0.05, 0) is 18.9 Å². The molecule has 0 bridgehead atoms. The van der Waals surface area contributed by atoms with Crippen LogP contribution in [0.15, 0.2) is 23.1 Å². The summed E-state index contributed by atoms with van der Waals surface area (Å²) in [5.74, 6) is -1.05. The number of pyridine rings is 1. The maximum atomic E-state index is 11.3. The fraction of sp³-hybridized carbons (Fsp3) is 0.400. The molecule has 0 saturated carbocycles. The Kier molecular flexibility index (Phi) is 4.05. The van der Waals surface area contributed by atoms with Gasteiger partial charge in [-0.25, -0.2) is 4.79 Å². The molecule has 0 saturated heterocycles. The molecule has 0 amide bonds. The van der Waals surface area contributed by atoms with E-state index in [2.05, 4.69) is 0 Å². The van der Waals surface area contributed by atoms with Crippen LogP contribution in [0.5, 0.6) is 0 Å². The molecule has 0 spiro atoms. The minimum Gasteiger partial charge on any atom is -0.478 e. The minimum atomic E-state index is -1.05. The molecule has 0 aliphatic carbocycles. The summed E-state index contributed by atoms with van der Waals surface area (Å²) in [5.41, 5.74) is -0.128. The maximum absolute atomic E-state index is 11.3. The molecule has 0 aromatic carbocycles. The molecule has 0 aliphatic rings. The van der Waals surface area contributed by atoms with Crippen LogP contribution >= 0.6 is 0 Å². The Labute approximate surface area is 86.6 Å². The summed E-state index contributed by atoms with van der Waals surface area (Å²) in [4.78, 5) is 21.9. The second-order valence-corrected chi connectivity index (χ2v) is 3.19. The predicted molar refractivity (Wildman–Crippen MR) is 54.0 cm³/mol. The van der Waals surface area contributed by atoms with Crippen molar-refractivity contribution in [3.05, 3.63) is 34.2 Å². The van der Waals surface area contributed by atoms with E-state index in [4.69, 9.17) is 10.2 Å².